The van der Waals surface area contributed by atoms with Crippen LogP contribution in [0.25, 0.3) is 0 Å². The van der Waals surface area contributed by atoms with Crippen LogP contribution in [0.5, 0.6) is 0 Å². The van der Waals surface area contributed by atoms with Gasteiger partial charge in [-0.1, -0.05) is 59.7 Å². The van der Waals surface area contributed by atoms with Crippen LogP contribution in [-0.2, 0) is 11.3 Å². The topological polar surface area (TPSA) is 21.3 Å². The van der Waals surface area contributed by atoms with Gasteiger partial charge < -0.3 is 10.1 Å². The lowest BCUT2D eigenvalue weighted by Gasteiger charge is -2.19. The highest BCUT2D eigenvalue weighted by Crippen LogP contribution is 2.28. The van der Waals surface area contributed by atoms with Gasteiger partial charge in [0.15, 0.2) is 0 Å². The van der Waals surface area contributed by atoms with Crippen molar-refractivity contribution in [2.75, 3.05) is 19.7 Å². The SMILES string of the molecule is Cc1cc(C)cc(COC[C@H]2CNC[C@H]2c2ccccc2)c1. The van der Waals surface area contributed by atoms with Crippen LogP contribution in [0.1, 0.15) is 28.2 Å². The van der Waals surface area contributed by atoms with Gasteiger partial charge in [0.2, 0.25) is 0 Å². The first-order chi connectivity index (χ1) is 10.7. The van der Waals surface area contributed by atoms with Gasteiger partial charge in [-0.25, -0.2) is 0 Å². The Bertz CT molecular complexity index is 588. The molecule has 2 aromatic rings. The summed E-state index contributed by atoms with van der Waals surface area (Å²) < 4.78 is 6.03. The molecular formula is C20H25NO. The second-order valence-corrected chi connectivity index (χ2v) is 6.45. The third-order valence-corrected chi connectivity index (χ3v) is 4.45. The fourth-order valence-electron chi connectivity index (χ4n) is 3.48. The molecule has 0 spiro atoms. The summed E-state index contributed by atoms with van der Waals surface area (Å²) in [6.45, 7) is 7.92. The zero-order valence-electron chi connectivity index (χ0n) is 13.5. The van der Waals surface area contributed by atoms with Gasteiger partial charge in [-0.05, 0) is 25.0 Å². The van der Waals surface area contributed by atoms with Crippen LogP contribution in [0.4, 0.5) is 0 Å². The molecule has 0 bridgehead atoms. The van der Waals surface area contributed by atoms with Crippen molar-refractivity contribution < 1.29 is 4.74 Å². The van der Waals surface area contributed by atoms with E-state index in [1.165, 1.54) is 22.3 Å². The van der Waals surface area contributed by atoms with E-state index in [1.54, 1.807) is 0 Å². The number of hydrogen-bond acceptors (Lipinski definition) is 2. The van der Waals surface area contributed by atoms with E-state index in [0.717, 1.165) is 19.7 Å². The number of hydrogen-bond donors (Lipinski definition) is 1. The minimum absolute atomic E-state index is 0.563. The lowest BCUT2D eigenvalue weighted by Crippen LogP contribution is -2.17. The highest BCUT2D eigenvalue weighted by Gasteiger charge is 2.28. The molecule has 0 amide bonds. The first-order valence-corrected chi connectivity index (χ1v) is 8.13. The van der Waals surface area contributed by atoms with Gasteiger partial charge in [-0.2, -0.15) is 0 Å². The molecular weight excluding hydrogens is 270 g/mol. The summed E-state index contributed by atoms with van der Waals surface area (Å²) in [6.07, 6.45) is 0. The molecule has 0 aromatic heterocycles. The Labute approximate surface area is 133 Å². The lowest BCUT2D eigenvalue weighted by molar-refractivity contribution is 0.0877. The van der Waals surface area contributed by atoms with Crippen molar-refractivity contribution in [1.29, 1.82) is 0 Å². The van der Waals surface area contributed by atoms with Gasteiger partial charge in [0.25, 0.3) is 0 Å². The molecule has 1 N–H and O–H groups in total. The molecule has 3 rings (SSSR count). The van der Waals surface area contributed by atoms with Crippen LogP contribution in [0.3, 0.4) is 0 Å². The zero-order chi connectivity index (χ0) is 15.4. The van der Waals surface area contributed by atoms with E-state index in [0.29, 0.717) is 18.4 Å². The first kappa shape index (κ1) is 15.3. The Hall–Kier alpha value is -1.64. The molecule has 116 valence electrons. The van der Waals surface area contributed by atoms with Gasteiger partial charge in [0.1, 0.15) is 0 Å². The fourth-order valence-corrected chi connectivity index (χ4v) is 3.48. The normalized spacial score (nSPS) is 21.2. The summed E-state index contributed by atoms with van der Waals surface area (Å²) in [4.78, 5) is 0. The number of rotatable bonds is 5. The maximum atomic E-state index is 6.03. The second-order valence-electron chi connectivity index (χ2n) is 6.45. The summed E-state index contributed by atoms with van der Waals surface area (Å²) in [5.41, 5.74) is 5.32. The molecule has 2 nitrogen and oxygen atoms in total. The minimum Gasteiger partial charge on any atom is -0.376 e. The molecule has 0 unspecified atom stereocenters. The molecule has 1 saturated heterocycles. The van der Waals surface area contributed by atoms with Crippen molar-refractivity contribution in [2.24, 2.45) is 5.92 Å². The standard InChI is InChI=1S/C20H25NO/c1-15-8-16(2)10-17(9-15)13-22-14-19-11-21-12-20(19)18-6-4-3-5-7-18/h3-10,19-21H,11-14H2,1-2H3/t19-,20+/m1/s1. The lowest BCUT2D eigenvalue weighted by atomic mass is 9.89. The van der Waals surface area contributed by atoms with E-state index >= 15 is 0 Å². The van der Waals surface area contributed by atoms with E-state index in [1.807, 2.05) is 0 Å². The van der Waals surface area contributed by atoms with Crippen LogP contribution < -0.4 is 5.32 Å². The maximum absolute atomic E-state index is 6.03. The van der Waals surface area contributed by atoms with E-state index in [-0.39, 0.29) is 0 Å². The van der Waals surface area contributed by atoms with Gasteiger partial charge in [-0.15, -0.1) is 0 Å². The van der Waals surface area contributed by atoms with E-state index < -0.39 is 0 Å². The Balaban J connectivity index is 1.56. The Kier molecular flexibility index (Phi) is 4.91. The first-order valence-electron chi connectivity index (χ1n) is 8.13. The molecule has 0 aliphatic carbocycles. The quantitative estimate of drug-likeness (QED) is 0.905. The van der Waals surface area contributed by atoms with Crippen LogP contribution in [0.15, 0.2) is 48.5 Å². The van der Waals surface area contributed by atoms with Crippen LogP contribution in [-0.4, -0.2) is 19.7 Å². The van der Waals surface area contributed by atoms with Crippen LogP contribution >= 0.6 is 0 Å². The Morgan fingerprint density at radius 2 is 1.73 bits per heavy atom. The van der Waals surface area contributed by atoms with Crippen molar-refractivity contribution in [2.45, 2.75) is 26.4 Å². The van der Waals surface area contributed by atoms with E-state index in [9.17, 15) is 0 Å². The summed E-state index contributed by atoms with van der Waals surface area (Å²) in [5.74, 6) is 1.13. The fraction of sp³-hybridized carbons (Fsp3) is 0.400. The molecule has 2 heteroatoms. The van der Waals surface area contributed by atoms with E-state index in [4.69, 9.17) is 4.74 Å². The molecule has 1 fully saturated rings. The molecule has 0 saturated carbocycles. The third kappa shape index (κ3) is 3.76. The predicted octanol–water partition coefficient (Wildman–Crippen LogP) is 3.82. The average molecular weight is 295 g/mol. The van der Waals surface area contributed by atoms with Crippen molar-refractivity contribution >= 4 is 0 Å². The van der Waals surface area contributed by atoms with Crippen molar-refractivity contribution in [1.82, 2.24) is 5.32 Å². The summed E-state index contributed by atoms with van der Waals surface area (Å²) >= 11 is 0. The number of nitrogens with one attached hydrogen (secondary N) is 1. The summed E-state index contributed by atoms with van der Waals surface area (Å²) in [6, 6.07) is 17.4. The van der Waals surface area contributed by atoms with Crippen LogP contribution in [0.2, 0.25) is 0 Å². The highest BCUT2D eigenvalue weighted by atomic mass is 16.5. The van der Waals surface area contributed by atoms with Crippen molar-refractivity contribution in [3.05, 3.63) is 70.8 Å². The monoisotopic (exact) mass is 295 g/mol. The zero-order valence-corrected chi connectivity index (χ0v) is 13.5. The van der Waals surface area contributed by atoms with Gasteiger partial charge in [0.05, 0.1) is 13.2 Å². The smallest absolute Gasteiger partial charge is 0.0717 e. The number of aryl methyl sites for hydroxylation is 2. The highest BCUT2D eigenvalue weighted by molar-refractivity contribution is 5.28. The van der Waals surface area contributed by atoms with Crippen molar-refractivity contribution in [3.8, 4) is 0 Å². The summed E-state index contributed by atoms with van der Waals surface area (Å²) in [7, 11) is 0. The molecule has 2 aromatic carbocycles. The molecule has 1 aliphatic heterocycles. The molecule has 0 radical (unpaired) electrons. The molecule has 22 heavy (non-hydrogen) atoms. The minimum atomic E-state index is 0.563. The Morgan fingerprint density at radius 1 is 1.00 bits per heavy atom. The predicted molar refractivity (Wildman–Crippen MR) is 91.1 cm³/mol. The third-order valence-electron chi connectivity index (χ3n) is 4.45. The van der Waals surface area contributed by atoms with Gasteiger partial charge >= 0.3 is 0 Å². The second kappa shape index (κ2) is 7.08. The molecule has 1 heterocycles. The van der Waals surface area contributed by atoms with E-state index in [2.05, 4.69) is 67.7 Å². The summed E-state index contributed by atoms with van der Waals surface area (Å²) in [5, 5.41) is 3.51. The molecule has 2 atom stereocenters. The number of ether oxygens (including phenoxy) is 1. The molecule has 1 aliphatic rings. The van der Waals surface area contributed by atoms with Crippen molar-refractivity contribution in [3.63, 3.8) is 0 Å². The maximum Gasteiger partial charge on any atom is 0.0717 e. The average Bonchev–Trinajstić information content (AvgIpc) is 2.96. The largest absolute Gasteiger partial charge is 0.376 e. The van der Waals surface area contributed by atoms with Gasteiger partial charge in [0, 0.05) is 24.9 Å². The van der Waals surface area contributed by atoms with Gasteiger partial charge in [-0.3, -0.25) is 0 Å². The Morgan fingerprint density at radius 3 is 2.45 bits per heavy atom. The van der Waals surface area contributed by atoms with Crippen LogP contribution in [0, 0.1) is 19.8 Å². The number of benzene rings is 2.